The predicted molar refractivity (Wildman–Crippen MR) is 54.3 cm³/mol. The van der Waals surface area contributed by atoms with Crippen molar-refractivity contribution in [1.82, 2.24) is 5.32 Å². The molecule has 0 saturated heterocycles. The van der Waals surface area contributed by atoms with Crippen molar-refractivity contribution >= 4 is 0 Å². The van der Waals surface area contributed by atoms with E-state index in [4.69, 9.17) is 0 Å². The molecule has 1 aliphatic rings. The predicted octanol–water partition coefficient (Wildman–Crippen LogP) is 2.95. The van der Waals surface area contributed by atoms with Crippen molar-refractivity contribution in [3.05, 3.63) is 0 Å². The van der Waals surface area contributed by atoms with Gasteiger partial charge in [-0.15, -0.1) is 0 Å². The minimum atomic E-state index is 0.747. The van der Waals surface area contributed by atoms with E-state index in [1.165, 1.54) is 45.1 Å². The van der Waals surface area contributed by atoms with Crippen molar-refractivity contribution in [3.8, 4) is 0 Å². The Bertz CT molecular complexity index is 108. The number of nitrogens with one attached hydrogen (secondary N) is 1. The molecule has 1 unspecified atom stereocenters. The van der Waals surface area contributed by atoms with Gasteiger partial charge < -0.3 is 5.32 Å². The van der Waals surface area contributed by atoms with Gasteiger partial charge in [0.1, 0.15) is 0 Å². The Morgan fingerprint density at radius 3 is 2.67 bits per heavy atom. The van der Waals surface area contributed by atoms with Crippen LogP contribution >= 0.6 is 0 Å². The Hall–Kier alpha value is -0.0400. The maximum absolute atomic E-state index is 3.60. The van der Waals surface area contributed by atoms with Crippen LogP contribution in [-0.2, 0) is 0 Å². The van der Waals surface area contributed by atoms with Crippen LogP contribution in [0.2, 0.25) is 0 Å². The van der Waals surface area contributed by atoms with Crippen molar-refractivity contribution in [1.29, 1.82) is 0 Å². The molecule has 0 amide bonds. The molecule has 72 valence electrons. The van der Waals surface area contributed by atoms with Crippen LogP contribution in [0.3, 0.4) is 0 Å². The van der Waals surface area contributed by atoms with Crippen molar-refractivity contribution in [2.45, 2.75) is 58.4 Å². The third kappa shape index (κ3) is 4.76. The summed E-state index contributed by atoms with van der Waals surface area (Å²) in [6.45, 7) is 5.85. The third-order valence-electron chi connectivity index (χ3n) is 2.69. The smallest absolute Gasteiger partial charge is 0.00388 e. The highest BCUT2D eigenvalue weighted by Gasteiger charge is 2.20. The lowest BCUT2D eigenvalue weighted by Crippen LogP contribution is -2.27. The van der Waals surface area contributed by atoms with Crippen LogP contribution in [0, 0.1) is 5.92 Å². The molecule has 1 rings (SSSR count). The highest BCUT2D eigenvalue weighted by Crippen LogP contribution is 2.27. The fourth-order valence-corrected chi connectivity index (χ4v) is 1.49. The van der Waals surface area contributed by atoms with Gasteiger partial charge in [0.25, 0.3) is 0 Å². The van der Waals surface area contributed by atoms with Crippen molar-refractivity contribution in [2.24, 2.45) is 5.92 Å². The molecule has 0 aliphatic heterocycles. The fraction of sp³-hybridized carbons (Fsp3) is 1.00. The van der Waals surface area contributed by atoms with E-state index in [-0.39, 0.29) is 0 Å². The van der Waals surface area contributed by atoms with E-state index in [2.05, 4.69) is 19.2 Å². The Morgan fingerprint density at radius 2 is 2.08 bits per heavy atom. The summed E-state index contributed by atoms with van der Waals surface area (Å²) in [5.41, 5.74) is 0. The summed E-state index contributed by atoms with van der Waals surface area (Å²) in [4.78, 5) is 0. The lowest BCUT2D eigenvalue weighted by Gasteiger charge is -2.12. The molecular formula is C11H23N. The molecule has 1 nitrogen and oxygen atoms in total. The maximum atomic E-state index is 3.60. The van der Waals surface area contributed by atoms with E-state index in [9.17, 15) is 0 Å². The average Bonchev–Trinajstić information content (AvgIpc) is 2.84. The fourth-order valence-electron chi connectivity index (χ4n) is 1.49. The van der Waals surface area contributed by atoms with Gasteiger partial charge in [0, 0.05) is 6.04 Å². The third-order valence-corrected chi connectivity index (χ3v) is 2.69. The monoisotopic (exact) mass is 169 g/mol. The summed E-state index contributed by atoms with van der Waals surface area (Å²) in [6, 6.07) is 0.747. The van der Waals surface area contributed by atoms with Gasteiger partial charge in [-0.25, -0.2) is 0 Å². The van der Waals surface area contributed by atoms with Gasteiger partial charge in [-0.1, -0.05) is 26.2 Å². The molecule has 12 heavy (non-hydrogen) atoms. The van der Waals surface area contributed by atoms with E-state index >= 15 is 0 Å². The molecule has 0 spiro atoms. The summed E-state index contributed by atoms with van der Waals surface area (Å²) in [6.07, 6.45) is 8.43. The quantitative estimate of drug-likeness (QED) is 0.578. The Balaban J connectivity index is 1.84. The van der Waals surface area contributed by atoms with Gasteiger partial charge in [-0.05, 0) is 38.6 Å². The Morgan fingerprint density at radius 1 is 1.33 bits per heavy atom. The first-order valence-corrected chi connectivity index (χ1v) is 5.56. The maximum Gasteiger partial charge on any atom is 0.00388 e. The van der Waals surface area contributed by atoms with Crippen LogP contribution in [0.5, 0.6) is 0 Å². The molecule has 1 heteroatoms. The Labute approximate surface area is 76.9 Å². The summed E-state index contributed by atoms with van der Waals surface area (Å²) in [5, 5.41) is 3.60. The molecule has 0 bridgehead atoms. The van der Waals surface area contributed by atoms with E-state index in [1.807, 2.05) is 0 Å². The first-order valence-electron chi connectivity index (χ1n) is 5.56. The second-order valence-corrected chi connectivity index (χ2v) is 4.25. The normalized spacial score (nSPS) is 19.5. The van der Waals surface area contributed by atoms with Crippen LogP contribution < -0.4 is 5.32 Å². The molecule has 0 aromatic carbocycles. The number of hydrogen-bond donors (Lipinski definition) is 1. The van der Waals surface area contributed by atoms with E-state index < -0.39 is 0 Å². The highest BCUT2D eigenvalue weighted by atomic mass is 14.9. The average molecular weight is 169 g/mol. The lowest BCUT2D eigenvalue weighted by molar-refractivity contribution is 0.477. The molecule has 0 heterocycles. The van der Waals surface area contributed by atoms with Gasteiger partial charge in [0.15, 0.2) is 0 Å². The first kappa shape index (κ1) is 10.0. The molecule has 1 saturated carbocycles. The Kier molecular flexibility index (Phi) is 4.67. The molecule has 1 aliphatic carbocycles. The zero-order chi connectivity index (χ0) is 8.81. The van der Waals surface area contributed by atoms with Crippen LogP contribution in [0.4, 0.5) is 0 Å². The standard InChI is InChI=1S/C11H23N/c1-3-4-5-6-10(2)12-9-11-7-8-11/h10-12H,3-9H2,1-2H3. The van der Waals surface area contributed by atoms with Gasteiger partial charge in [0.05, 0.1) is 0 Å². The minimum absolute atomic E-state index is 0.747. The molecule has 1 N–H and O–H groups in total. The van der Waals surface area contributed by atoms with Gasteiger partial charge in [0.2, 0.25) is 0 Å². The van der Waals surface area contributed by atoms with Crippen LogP contribution in [-0.4, -0.2) is 12.6 Å². The lowest BCUT2D eigenvalue weighted by atomic mass is 10.1. The molecule has 0 radical (unpaired) electrons. The number of rotatable bonds is 7. The van der Waals surface area contributed by atoms with Gasteiger partial charge in [-0.2, -0.15) is 0 Å². The van der Waals surface area contributed by atoms with E-state index in [1.54, 1.807) is 0 Å². The summed E-state index contributed by atoms with van der Waals surface area (Å²) in [5.74, 6) is 1.03. The molecule has 0 aromatic heterocycles. The summed E-state index contributed by atoms with van der Waals surface area (Å²) < 4.78 is 0. The number of hydrogen-bond acceptors (Lipinski definition) is 1. The topological polar surface area (TPSA) is 12.0 Å². The molecule has 1 fully saturated rings. The zero-order valence-electron chi connectivity index (χ0n) is 8.60. The summed E-state index contributed by atoms with van der Waals surface area (Å²) in [7, 11) is 0. The van der Waals surface area contributed by atoms with Crippen LogP contribution in [0.15, 0.2) is 0 Å². The summed E-state index contributed by atoms with van der Waals surface area (Å²) >= 11 is 0. The van der Waals surface area contributed by atoms with Crippen molar-refractivity contribution in [2.75, 3.05) is 6.54 Å². The van der Waals surface area contributed by atoms with Gasteiger partial charge in [-0.3, -0.25) is 0 Å². The van der Waals surface area contributed by atoms with Gasteiger partial charge >= 0.3 is 0 Å². The molecule has 1 atom stereocenters. The van der Waals surface area contributed by atoms with Crippen LogP contribution in [0.25, 0.3) is 0 Å². The minimum Gasteiger partial charge on any atom is -0.314 e. The van der Waals surface area contributed by atoms with E-state index in [0.29, 0.717) is 0 Å². The first-order chi connectivity index (χ1) is 5.83. The second-order valence-electron chi connectivity index (χ2n) is 4.25. The molecular weight excluding hydrogens is 146 g/mol. The molecule has 0 aromatic rings. The van der Waals surface area contributed by atoms with E-state index in [0.717, 1.165) is 12.0 Å². The van der Waals surface area contributed by atoms with Crippen molar-refractivity contribution < 1.29 is 0 Å². The van der Waals surface area contributed by atoms with Crippen LogP contribution in [0.1, 0.15) is 52.4 Å². The SMILES string of the molecule is CCCCCC(C)NCC1CC1. The zero-order valence-corrected chi connectivity index (χ0v) is 8.60. The number of unbranched alkanes of at least 4 members (excludes halogenated alkanes) is 2. The largest absolute Gasteiger partial charge is 0.314 e. The second kappa shape index (κ2) is 5.58. The highest BCUT2D eigenvalue weighted by molar-refractivity contribution is 4.76. The van der Waals surface area contributed by atoms with Crippen molar-refractivity contribution in [3.63, 3.8) is 0 Å².